The number of phenolic OH excluding ortho intramolecular Hbond substituents is 1. The molecule has 6 nitrogen and oxygen atoms in total. The van der Waals surface area contributed by atoms with Crippen molar-refractivity contribution in [2.24, 2.45) is 0 Å². The van der Waals surface area contributed by atoms with Gasteiger partial charge >= 0.3 is 5.97 Å². The molecule has 21 heavy (non-hydrogen) atoms. The lowest BCUT2D eigenvalue weighted by Gasteiger charge is -2.17. The zero-order valence-electron chi connectivity index (χ0n) is 11.2. The zero-order valence-corrected chi connectivity index (χ0v) is 11.2. The van der Waals surface area contributed by atoms with Gasteiger partial charge in [-0.3, -0.25) is 14.8 Å². The Balaban J connectivity index is 2.19. The molecular formula is C15H15NO5. The Bertz CT molecular complexity index is 683. The number of benzene rings is 2. The van der Waals surface area contributed by atoms with Gasteiger partial charge in [0.25, 0.3) is 5.91 Å². The molecule has 1 amide bonds. The van der Waals surface area contributed by atoms with Crippen LogP contribution in [0.2, 0.25) is 0 Å². The summed E-state index contributed by atoms with van der Waals surface area (Å²) in [5.74, 6) is -1.86. The van der Waals surface area contributed by atoms with Crippen molar-refractivity contribution >= 4 is 28.3 Å². The van der Waals surface area contributed by atoms with Gasteiger partial charge in [0.15, 0.2) is 0 Å². The van der Waals surface area contributed by atoms with E-state index in [1.165, 1.54) is 6.07 Å². The number of aromatic hydroxyl groups is 1. The molecule has 0 saturated heterocycles. The van der Waals surface area contributed by atoms with Gasteiger partial charge in [0, 0.05) is 18.2 Å². The molecule has 0 fully saturated rings. The van der Waals surface area contributed by atoms with E-state index < -0.39 is 11.9 Å². The summed E-state index contributed by atoms with van der Waals surface area (Å²) < 4.78 is 0. The minimum Gasteiger partial charge on any atom is -0.505 e. The predicted octanol–water partition coefficient (Wildman–Crippen LogP) is 2.52. The molecule has 2 rings (SSSR count). The number of hydrogen-bond acceptors (Lipinski definition) is 4. The Hall–Kier alpha value is -2.60. The minimum atomic E-state index is -0.999. The van der Waals surface area contributed by atoms with Crippen LogP contribution < -0.4 is 5.06 Å². The fraction of sp³-hybridized carbons (Fsp3) is 0.200. The molecule has 0 aliphatic carbocycles. The smallest absolute Gasteiger partial charge is 0.303 e. The summed E-state index contributed by atoms with van der Waals surface area (Å²) in [5.41, 5.74) is -0.0194. The molecule has 0 bridgehead atoms. The lowest BCUT2D eigenvalue weighted by atomic mass is 10.1. The van der Waals surface area contributed by atoms with Crippen LogP contribution in [0.4, 0.5) is 5.69 Å². The molecule has 110 valence electrons. The van der Waals surface area contributed by atoms with E-state index in [1.807, 2.05) is 6.07 Å². The summed E-state index contributed by atoms with van der Waals surface area (Å²) in [6.07, 6.45) is -0.141. The van der Waals surface area contributed by atoms with Crippen LogP contribution in [0.5, 0.6) is 5.75 Å². The molecule has 0 aromatic heterocycles. The van der Waals surface area contributed by atoms with Crippen LogP contribution in [0.15, 0.2) is 36.4 Å². The van der Waals surface area contributed by atoms with E-state index in [9.17, 15) is 19.9 Å². The van der Waals surface area contributed by atoms with E-state index in [0.29, 0.717) is 10.4 Å². The summed E-state index contributed by atoms with van der Waals surface area (Å²) in [5, 5.41) is 30.2. The first-order valence-corrected chi connectivity index (χ1v) is 6.45. The number of fused-ring (bicyclic) bond motifs is 1. The number of anilines is 1. The number of rotatable bonds is 5. The Morgan fingerprint density at radius 1 is 1.05 bits per heavy atom. The van der Waals surface area contributed by atoms with Gasteiger partial charge in [0.2, 0.25) is 0 Å². The number of nitrogens with zero attached hydrogens (tertiary/aromatic N) is 1. The van der Waals surface area contributed by atoms with Crippen molar-refractivity contribution < 1.29 is 25.0 Å². The molecule has 0 aliphatic heterocycles. The first kappa shape index (κ1) is 14.8. The van der Waals surface area contributed by atoms with Gasteiger partial charge < -0.3 is 10.2 Å². The fourth-order valence-corrected chi connectivity index (χ4v) is 2.05. The third-order valence-corrected chi connectivity index (χ3v) is 3.12. The molecule has 0 spiro atoms. The number of hydroxylamine groups is 1. The molecule has 0 radical (unpaired) electrons. The number of carbonyl (C=O) groups is 2. The van der Waals surface area contributed by atoms with Crippen molar-refractivity contribution in [3.8, 4) is 5.75 Å². The van der Waals surface area contributed by atoms with Gasteiger partial charge in [-0.05, 0) is 17.9 Å². The van der Waals surface area contributed by atoms with Gasteiger partial charge in [-0.25, -0.2) is 0 Å². The SMILES string of the molecule is O=C(O)CCCC(=O)N(O)c1ccc2ccccc2c1O. The Morgan fingerprint density at radius 3 is 2.48 bits per heavy atom. The molecule has 0 unspecified atom stereocenters. The number of carboxylic acids is 1. The van der Waals surface area contributed by atoms with Crippen molar-refractivity contribution in [1.82, 2.24) is 0 Å². The average Bonchev–Trinajstić information content (AvgIpc) is 2.47. The lowest BCUT2D eigenvalue weighted by Crippen LogP contribution is -2.26. The second-order valence-corrected chi connectivity index (χ2v) is 4.61. The second kappa shape index (κ2) is 6.23. The third-order valence-electron chi connectivity index (χ3n) is 3.12. The van der Waals surface area contributed by atoms with E-state index in [4.69, 9.17) is 5.11 Å². The molecule has 0 heterocycles. The highest BCUT2D eigenvalue weighted by molar-refractivity contribution is 5.99. The van der Waals surface area contributed by atoms with E-state index in [-0.39, 0.29) is 30.7 Å². The first-order valence-electron chi connectivity index (χ1n) is 6.45. The van der Waals surface area contributed by atoms with Crippen molar-refractivity contribution in [2.75, 3.05) is 5.06 Å². The van der Waals surface area contributed by atoms with Crippen LogP contribution in [-0.2, 0) is 9.59 Å². The maximum Gasteiger partial charge on any atom is 0.303 e. The van der Waals surface area contributed by atoms with Crippen LogP contribution in [0.3, 0.4) is 0 Å². The highest BCUT2D eigenvalue weighted by Gasteiger charge is 2.18. The van der Waals surface area contributed by atoms with Gasteiger partial charge in [-0.1, -0.05) is 30.3 Å². The maximum absolute atomic E-state index is 11.8. The molecule has 2 aromatic carbocycles. The number of carbonyl (C=O) groups excluding carboxylic acids is 1. The van der Waals surface area contributed by atoms with Crippen molar-refractivity contribution in [1.29, 1.82) is 0 Å². The Morgan fingerprint density at radius 2 is 1.76 bits per heavy atom. The van der Waals surface area contributed by atoms with E-state index in [2.05, 4.69) is 0 Å². The van der Waals surface area contributed by atoms with E-state index in [0.717, 1.165) is 5.39 Å². The summed E-state index contributed by atoms with van der Waals surface area (Å²) in [4.78, 5) is 22.2. The average molecular weight is 289 g/mol. The minimum absolute atomic E-state index is 0.0194. The normalized spacial score (nSPS) is 10.5. The molecule has 0 aliphatic rings. The van der Waals surface area contributed by atoms with Gasteiger partial charge in [-0.2, -0.15) is 5.06 Å². The highest BCUT2D eigenvalue weighted by atomic mass is 16.5. The Kier molecular flexibility index (Phi) is 4.39. The zero-order chi connectivity index (χ0) is 15.4. The van der Waals surface area contributed by atoms with Crippen LogP contribution >= 0.6 is 0 Å². The summed E-state index contributed by atoms with van der Waals surface area (Å²) in [6.45, 7) is 0. The monoisotopic (exact) mass is 289 g/mol. The standard InChI is InChI=1S/C15H15NO5/c17-13(6-3-7-14(18)19)16(21)12-9-8-10-4-1-2-5-11(10)15(12)20/h1-2,4-5,8-9,20-21H,3,6-7H2,(H,18,19). The molecule has 3 N–H and O–H groups in total. The molecule has 2 aromatic rings. The van der Waals surface area contributed by atoms with Crippen LogP contribution in [0.25, 0.3) is 10.8 Å². The molecular weight excluding hydrogens is 274 g/mol. The third kappa shape index (κ3) is 3.29. The van der Waals surface area contributed by atoms with Crippen molar-refractivity contribution in [3.63, 3.8) is 0 Å². The van der Waals surface area contributed by atoms with Crippen LogP contribution in [0.1, 0.15) is 19.3 Å². The van der Waals surface area contributed by atoms with E-state index >= 15 is 0 Å². The number of amides is 1. The summed E-state index contributed by atoms with van der Waals surface area (Å²) >= 11 is 0. The molecule has 6 heteroatoms. The number of hydrogen-bond donors (Lipinski definition) is 3. The van der Waals surface area contributed by atoms with Gasteiger partial charge in [0.05, 0.1) is 0 Å². The number of aliphatic carboxylic acids is 1. The first-order chi connectivity index (χ1) is 10.0. The number of phenols is 1. The summed E-state index contributed by atoms with van der Waals surface area (Å²) in [7, 11) is 0. The van der Waals surface area contributed by atoms with Gasteiger partial charge in [-0.15, -0.1) is 0 Å². The second-order valence-electron chi connectivity index (χ2n) is 4.61. The van der Waals surface area contributed by atoms with E-state index in [1.54, 1.807) is 24.3 Å². The van der Waals surface area contributed by atoms with Crippen LogP contribution in [0, 0.1) is 0 Å². The van der Waals surface area contributed by atoms with Crippen molar-refractivity contribution in [3.05, 3.63) is 36.4 Å². The number of carboxylic acid groups (broad SMARTS) is 1. The fourth-order valence-electron chi connectivity index (χ4n) is 2.05. The largest absolute Gasteiger partial charge is 0.505 e. The molecule has 0 atom stereocenters. The van der Waals surface area contributed by atoms with Gasteiger partial charge in [0.1, 0.15) is 11.4 Å². The topological polar surface area (TPSA) is 98.1 Å². The predicted molar refractivity (Wildman–Crippen MR) is 76.4 cm³/mol. The maximum atomic E-state index is 11.8. The van der Waals surface area contributed by atoms with Crippen LogP contribution in [-0.4, -0.2) is 27.3 Å². The van der Waals surface area contributed by atoms with Crippen molar-refractivity contribution in [2.45, 2.75) is 19.3 Å². The quantitative estimate of drug-likeness (QED) is 0.580. The molecule has 0 saturated carbocycles. The lowest BCUT2D eigenvalue weighted by molar-refractivity contribution is -0.137. The highest BCUT2D eigenvalue weighted by Crippen LogP contribution is 2.34. The Labute approximate surface area is 120 Å². The summed E-state index contributed by atoms with van der Waals surface area (Å²) in [6, 6.07) is 10.1.